The van der Waals surface area contributed by atoms with Crippen LogP contribution in [-0.2, 0) is 16.0 Å². The van der Waals surface area contributed by atoms with Gasteiger partial charge in [-0.05, 0) is 29.9 Å². The minimum absolute atomic E-state index is 0.0853. The van der Waals surface area contributed by atoms with Crippen LogP contribution in [0.2, 0.25) is 0 Å². The molecule has 2 N–H and O–H groups in total. The fraction of sp³-hybridized carbons (Fsp3) is 0.421. The molecule has 2 amide bonds. The number of aromatic amines is 1. The number of nitrogens with zero attached hydrogens (tertiary/aromatic N) is 1. The van der Waals surface area contributed by atoms with E-state index in [1.54, 1.807) is 11.0 Å². The van der Waals surface area contributed by atoms with Gasteiger partial charge in [0.15, 0.2) is 0 Å². The molecule has 1 aliphatic rings. The Labute approximate surface area is 146 Å². The number of benzene rings is 1. The summed E-state index contributed by atoms with van der Waals surface area (Å²) < 4.78 is 0. The van der Waals surface area contributed by atoms with Gasteiger partial charge in [0.2, 0.25) is 11.8 Å². The smallest absolute Gasteiger partial charge is 0.256 e. The number of fused-ring (bicyclic) bond motifs is 1. The van der Waals surface area contributed by atoms with Crippen molar-refractivity contribution >= 4 is 22.6 Å². The molecular weight excluding hydrogens is 318 g/mol. The first-order chi connectivity index (χ1) is 12.0. The number of nitrogens with one attached hydrogen (secondary N) is 2. The van der Waals surface area contributed by atoms with Gasteiger partial charge in [0.1, 0.15) is 6.04 Å². The first-order valence-corrected chi connectivity index (χ1v) is 8.64. The van der Waals surface area contributed by atoms with E-state index in [9.17, 15) is 14.4 Å². The molecule has 3 rings (SSSR count). The molecule has 25 heavy (non-hydrogen) atoms. The van der Waals surface area contributed by atoms with Crippen LogP contribution in [0.4, 0.5) is 0 Å². The maximum atomic E-state index is 12.8. The maximum absolute atomic E-state index is 12.8. The van der Waals surface area contributed by atoms with Gasteiger partial charge < -0.3 is 15.2 Å². The standard InChI is InChI=1S/C19H23N3O3/c1-12(2)9-16-19(25)20-7-8-22(16)17(23)11-14-10-13-5-3-4-6-15(13)18(24)21-14/h3-6,10,12,16H,7-9,11H2,1-2H3,(H,20,25)(H,21,24)/t16-/m0/s1. The van der Waals surface area contributed by atoms with Crippen LogP contribution in [0.1, 0.15) is 26.0 Å². The lowest BCUT2D eigenvalue weighted by Crippen LogP contribution is -2.57. The third-order valence-corrected chi connectivity index (χ3v) is 4.50. The molecule has 132 valence electrons. The molecule has 1 aliphatic heterocycles. The van der Waals surface area contributed by atoms with Gasteiger partial charge in [0.25, 0.3) is 5.56 Å². The Hall–Kier alpha value is -2.63. The highest BCUT2D eigenvalue weighted by molar-refractivity contribution is 5.90. The van der Waals surface area contributed by atoms with Crippen molar-refractivity contribution in [3.8, 4) is 0 Å². The highest BCUT2D eigenvalue weighted by Gasteiger charge is 2.33. The first-order valence-electron chi connectivity index (χ1n) is 8.64. The fourth-order valence-electron chi connectivity index (χ4n) is 3.32. The minimum Gasteiger partial charge on any atom is -0.353 e. The van der Waals surface area contributed by atoms with E-state index in [2.05, 4.69) is 10.3 Å². The maximum Gasteiger partial charge on any atom is 0.256 e. The average Bonchev–Trinajstić information content (AvgIpc) is 2.56. The molecule has 0 unspecified atom stereocenters. The summed E-state index contributed by atoms with van der Waals surface area (Å²) in [5.41, 5.74) is 0.374. The lowest BCUT2D eigenvalue weighted by molar-refractivity contribution is -0.143. The molecule has 0 saturated carbocycles. The Morgan fingerprint density at radius 1 is 1.28 bits per heavy atom. The number of pyridine rings is 1. The lowest BCUT2D eigenvalue weighted by atomic mass is 9.99. The summed E-state index contributed by atoms with van der Waals surface area (Å²) in [7, 11) is 0. The third-order valence-electron chi connectivity index (χ3n) is 4.50. The molecule has 1 aromatic carbocycles. The van der Waals surface area contributed by atoms with E-state index in [0.29, 0.717) is 36.5 Å². The molecule has 1 saturated heterocycles. The quantitative estimate of drug-likeness (QED) is 0.883. The first kappa shape index (κ1) is 17.2. The predicted molar refractivity (Wildman–Crippen MR) is 96.2 cm³/mol. The number of carbonyl (C=O) groups is 2. The number of aromatic nitrogens is 1. The number of rotatable bonds is 4. The monoisotopic (exact) mass is 341 g/mol. The van der Waals surface area contributed by atoms with Gasteiger partial charge in [-0.2, -0.15) is 0 Å². The van der Waals surface area contributed by atoms with Crippen molar-refractivity contribution in [2.45, 2.75) is 32.7 Å². The molecule has 1 aromatic heterocycles. The molecule has 0 spiro atoms. The largest absolute Gasteiger partial charge is 0.353 e. The number of piperazine rings is 1. The Kier molecular flexibility index (Phi) is 4.88. The van der Waals surface area contributed by atoms with Crippen molar-refractivity contribution in [2.75, 3.05) is 13.1 Å². The second-order valence-electron chi connectivity index (χ2n) is 6.91. The van der Waals surface area contributed by atoms with Gasteiger partial charge >= 0.3 is 0 Å². The zero-order valence-corrected chi connectivity index (χ0v) is 14.5. The van der Waals surface area contributed by atoms with Gasteiger partial charge in [-0.1, -0.05) is 32.0 Å². The number of carbonyl (C=O) groups excluding carboxylic acids is 2. The van der Waals surface area contributed by atoms with Crippen LogP contribution < -0.4 is 10.9 Å². The summed E-state index contributed by atoms with van der Waals surface area (Å²) in [6, 6.07) is 8.68. The summed E-state index contributed by atoms with van der Waals surface area (Å²) in [6.45, 7) is 5.03. The van der Waals surface area contributed by atoms with Crippen LogP contribution in [0, 0.1) is 5.92 Å². The number of amides is 2. The van der Waals surface area contributed by atoms with Gasteiger partial charge in [-0.3, -0.25) is 14.4 Å². The van der Waals surface area contributed by atoms with Crippen molar-refractivity contribution in [1.29, 1.82) is 0 Å². The molecule has 1 atom stereocenters. The predicted octanol–water partition coefficient (Wildman–Crippen LogP) is 1.44. The zero-order valence-electron chi connectivity index (χ0n) is 14.5. The van der Waals surface area contributed by atoms with Gasteiger partial charge in [-0.15, -0.1) is 0 Å². The van der Waals surface area contributed by atoms with E-state index in [1.807, 2.05) is 38.1 Å². The molecule has 1 fully saturated rings. The molecule has 6 nitrogen and oxygen atoms in total. The number of hydrogen-bond donors (Lipinski definition) is 2. The van der Waals surface area contributed by atoms with Crippen molar-refractivity contribution in [2.24, 2.45) is 5.92 Å². The van der Waals surface area contributed by atoms with E-state index in [0.717, 1.165) is 5.39 Å². The molecule has 2 aromatic rings. The average molecular weight is 341 g/mol. The van der Waals surface area contributed by atoms with Crippen molar-refractivity contribution < 1.29 is 9.59 Å². The molecule has 2 heterocycles. The van der Waals surface area contributed by atoms with Gasteiger partial charge in [0.05, 0.1) is 6.42 Å². The van der Waals surface area contributed by atoms with Crippen molar-refractivity contribution in [3.63, 3.8) is 0 Å². The molecule has 0 aliphatic carbocycles. The van der Waals surface area contributed by atoms with Crippen LogP contribution >= 0.6 is 0 Å². The Morgan fingerprint density at radius 3 is 2.80 bits per heavy atom. The summed E-state index contributed by atoms with van der Waals surface area (Å²) >= 11 is 0. The number of hydrogen-bond acceptors (Lipinski definition) is 3. The van der Waals surface area contributed by atoms with Gasteiger partial charge in [-0.25, -0.2) is 0 Å². The minimum atomic E-state index is -0.437. The second-order valence-corrected chi connectivity index (χ2v) is 6.91. The zero-order chi connectivity index (χ0) is 18.0. The van der Waals surface area contributed by atoms with E-state index in [4.69, 9.17) is 0 Å². The summed E-state index contributed by atoms with van der Waals surface area (Å²) in [4.78, 5) is 41.5. The van der Waals surface area contributed by atoms with E-state index in [1.165, 1.54) is 0 Å². The van der Waals surface area contributed by atoms with Crippen LogP contribution in [0.15, 0.2) is 35.1 Å². The number of H-pyrrole nitrogens is 1. The lowest BCUT2D eigenvalue weighted by Gasteiger charge is -2.36. The fourth-order valence-corrected chi connectivity index (χ4v) is 3.32. The van der Waals surface area contributed by atoms with E-state index in [-0.39, 0.29) is 23.8 Å². The Morgan fingerprint density at radius 2 is 2.04 bits per heavy atom. The Bertz CT molecular complexity index is 856. The van der Waals surface area contributed by atoms with E-state index >= 15 is 0 Å². The van der Waals surface area contributed by atoms with Crippen LogP contribution in [-0.4, -0.2) is 40.8 Å². The van der Waals surface area contributed by atoms with Crippen molar-refractivity contribution in [1.82, 2.24) is 15.2 Å². The van der Waals surface area contributed by atoms with Crippen LogP contribution in [0.3, 0.4) is 0 Å². The van der Waals surface area contributed by atoms with Gasteiger partial charge in [0, 0.05) is 24.2 Å². The molecule has 0 bridgehead atoms. The van der Waals surface area contributed by atoms with E-state index < -0.39 is 6.04 Å². The van der Waals surface area contributed by atoms with Crippen LogP contribution in [0.25, 0.3) is 10.8 Å². The third kappa shape index (κ3) is 3.73. The topological polar surface area (TPSA) is 82.3 Å². The Balaban J connectivity index is 1.83. The van der Waals surface area contributed by atoms with Crippen molar-refractivity contribution in [3.05, 3.63) is 46.4 Å². The molecular formula is C19H23N3O3. The SMILES string of the molecule is CC(C)C[C@H]1C(=O)NCCN1C(=O)Cc1cc2ccccc2c(=O)[nH]1. The highest BCUT2D eigenvalue weighted by Crippen LogP contribution is 2.17. The highest BCUT2D eigenvalue weighted by atomic mass is 16.2. The summed E-state index contributed by atoms with van der Waals surface area (Å²) in [5, 5.41) is 4.24. The summed E-state index contributed by atoms with van der Waals surface area (Å²) in [5.74, 6) is 0.0800. The molecule has 0 radical (unpaired) electrons. The molecule has 6 heteroatoms. The second kappa shape index (κ2) is 7.09. The summed E-state index contributed by atoms with van der Waals surface area (Å²) in [6.07, 6.45) is 0.716. The normalized spacial score (nSPS) is 17.8. The van der Waals surface area contributed by atoms with Crippen LogP contribution in [0.5, 0.6) is 0 Å².